The zero-order valence-electron chi connectivity index (χ0n) is 12.5. The van der Waals surface area contributed by atoms with Gasteiger partial charge in [0.1, 0.15) is 0 Å². The monoisotopic (exact) mass is 302 g/mol. The molecular weight excluding hydrogens is 284 g/mol. The van der Waals surface area contributed by atoms with Crippen LogP contribution >= 0.6 is 0 Å². The lowest BCUT2D eigenvalue weighted by Gasteiger charge is -2.13. The number of nitrogens with zero attached hydrogens (tertiary/aromatic N) is 2. The average molecular weight is 302 g/mol. The molecule has 0 spiro atoms. The van der Waals surface area contributed by atoms with E-state index in [1.807, 2.05) is 13.8 Å². The van der Waals surface area contributed by atoms with E-state index >= 15 is 0 Å². The Morgan fingerprint density at radius 3 is 2.55 bits per heavy atom. The summed E-state index contributed by atoms with van der Waals surface area (Å²) in [5, 5.41) is 5.29. The van der Waals surface area contributed by atoms with Gasteiger partial charge < -0.3 is 14.8 Å². The van der Waals surface area contributed by atoms with E-state index in [4.69, 9.17) is 9.47 Å². The van der Waals surface area contributed by atoms with E-state index < -0.39 is 6.03 Å². The smallest absolute Gasteiger partial charge is 0.324 e. The quantitative estimate of drug-likeness (QED) is 0.857. The third-order valence-electron chi connectivity index (χ3n) is 2.61. The van der Waals surface area contributed by atoms with Gasteiger partial charge in [0.2, 0.25) is 0 Å². The first kappa shape index (κ1) is 15.6. The zero-order valence-corrected chi connectivity index (χ0v) is 12.5. The molecule has 0 aliphatic carbocycles. The number of hydrogen-bond acceptors (Lipinski definition) is 5. The molecule has 1 heterocycles. The lowest BCUT2D eigenvalue weighted by molar-refractivity contribution is 0.262. The van der Waals surface area contributed by atoms with Crippen molar-refractivity contribution >= 4 is 17.5 Å². The Morgan fingerprint density at radius 2 is 1.86 bits per heavy atom. The summed E-state index contributed by atoms with van der Waals surface area (Å²) in [4.78, 5) is 19.7. The van der Waals surface area contributed by atoms with E-state index in [1.165, 1.54) is 18.6 Å². The maximum absolute atomic E-state index is 11.9. The van der Waals surface area contributed by atoms with Gasteiger partial charge in [-0.3, -0.25) is 10.3 Å². The first-order valence-corrected chi connectivity index (χ1v) is 6.96. The minimum atomic E-state index is -0.410. The summed E-state index contributed by atoms with van der Waals surface area (Å²) in [7, 11) is 0. The van der Waals surface area contributed by atoms with Crippen molar-refractivity contribution in [2.75, 3.05) is 23.8 Å². The van der Waals surface area contributed by atoms with Gasteiger partial charge in [0, 0.05) is 24.1 Å². The van der Waals surface area contributed by atoms with Crippen molar-refractivity contribution in [3.8, 4) is 11.5 Å². The van der Waals surface area contributed by atoms with Crippen LogP contribution in [0.5, 0.6) is 11.5 Å². The lowest BCUT2D eigenvalue weighted by atomic mass is 10.2. The molecule has 7 heteroatoms. The summed E-state index contributed by atoms with van der Waals surface area (Å²) < 4.78 is 11.0. The number of benzene rings is 1. The molecule has 1 aromatic heterocycles. The Labute approximate surface area is 128 Å². The number of carbonyl (C=O) groups excluding carboxylic acids is 1. The molecule has 1 aromatic carbocycles. The second-order valence-electron chi connectivity index (χ2n) is 4.20. The minimum Gasteiger partial charge on any atom is -0.490 e. The average Bonchev–Trinajstić information content (AvgIpc) is 2.51. The van der Waals surface area contributed by atoms with Gasteiger partial charge in [-0.15, -0.1) is 0 Å². The van der Waals surface area contributed by atoms with Gasteiger partial charge in [-0.1, -0.05) is 0 Å². The van der Waals surface area contributed by atoms with E-state index in [-0.39, 0.29) is 0 Å². The van der Waals surface area contributed by atoms with Crippen LogP contribution in [-0.2, 0) is 0 Å². The molecule has 2 aromatic rings. The summed E-state index contributed by atoms with van der Waals surface area (Å²) in [5.74, 6) is 1.60. The Balaban J connectivity index is 2.05. The number of anilines is 2. The Hall–Kier alpha value is -2.83. The van der Waals surface area contributed by atoms with Gasteiger partial charge in [0.15, 0.2) is 17.3 Å². The van der Waals surface area contributed by atoms with Crippen LogP contribution in [0, 0.1) is 0 Å². The van der Waals surface area contributed by atoms with Crippen LogP contribution in [0.15, 0.2) is 36.8 Å². The van der Waals surface area contributed by atoms with E-state index in [9.17, 15) is 4.79 Å². The molecule has 0 bridgehead atoms. The SMILES string of the molecule is CCOc1ccc(NC(=O)Nc2cnccn2)cc1OCC. The van der Waals surface area contributed by atoms with Crippen molar-refractivity contribution in [3.05, 3.63) is 36.8 Å². The van der Waals surface area contributed by atoms with Crippen molar-refractivity contribution in [2.24, 2.45) is 0 Å². The molecule has 0 saturated carbocycles. The van der Waals surface area contributed by atoms with E-state index in [2.05, 4.69) is 20.6 Å². The van der Waals surface area contributed by atoms with E-state index in [0.29, 0.717) is 36.2 Å². The fourth-order valence-electron chi connectivity index (χ4n) is 1.77. The van der Waals surface area contributed by atoms with Crippen LogP contribution in [0.4, 0.5) is 16.3 Å². The standard InChI is InChI=1S/C15H18N4O3/c1-3-21-12-6-5-11(9-13(12)22-4-2)18-15(20)19-14-10-16-7-8-17-14/h5-10H,3-4H2,1-2H3,(H2,17,18,19,20). The molecule has 0 aliphatic heterocycles. The van der Waals surface area contributed by atoms with Crippen molar-refractivity contribution < 1.29 is 14.3 Å². The molecule has 116 valence electrons. The number of amides is 2. The number of aromatic nitrogens is 2. The maximum Gasteiger partial charge on any atom is 0.324 e. The molecule has 2 rings (SSSR count). The largest absolute Gasteiger partial charge is 0.490 e. The van der Waals surface area contributed by atoms with Crippen LogP contribution < -0.4 is 20.1 Å². The van der Waals surface area contributed by atoms with Crippen molar-refractivity contribution in [3.63, 3.8) is 0 Å². The second kappa shape index (κ2) is 7.82. The summed E-state index contributed by atoms with van der Waals surface area (Å²) in [6.07, 6.45) is 4.49. The number of carbonyl (C=O) groups is 1. The number of hydrogen-bond donors (Lipinski definition) is 2. The molecule has 2 amide bonds. The summed E-state index contributed by atoms with van der Waals surface area (Å²) >= 11 is 0. The van der Waals surface area contributed by atoms with E-state index in [1.54, 1.807) is 18.2 Å². The minimum absolute atomic E-state index is 0.371. The first-order valence-electron chi connectivity index (χ1n) is 6.96. The van der Waals surface area contributed by atoms with Crippen LogP contribution in [0.25, 0.3) is 0 Å². The second-order valence-corrected chi connectivity index (χ2v) is 4.20. The summed E-state index contributed by atoms with van der Waals surface area (Å²) in [6.45, 7) is 4.84. The van der Waals surface area contributed by atoms with Crippen molar-refractivity contribution in [1.82, 2.24) is 9.97 Å². The van der Waals surface area contributed by atoms with Crippen LogP contribution in [-0.4, -0.2) is 29.2 Å². The summed E-state index contributed by atoms with van der Waals surface area (Å²) in [5.41, 5.74) is 0.591. The Bertz CT molecular complexity index is 619. The molecule has 0 radical (unpaired) electrons. The lowest BCUT2D eigenvalue weighted by Crippen LogP contribution is -2.20. The molecule has 0 atom stereocenters. The molecular formula is C15H18N4O3. The highest BCUT2D eigenvalue weighted by molar-refractivity contribution is 5.99. The number of urea groups is 1. The highest BCUT2D eigenvalue weighted by atomic mass is 16.5. The van der Waals surface area contributed by atoms with Crippen LogP contribution in [0.3, 0.4) is 0 Å². The fourth-order valence-corrected chi connectivity index (χ4v) is 1.77. The predicted octanol–water partition coefficient (Wildman–Crippen LogP) is 2.92. The highest BCUT2D eigenvalue weighted by Crippen LogP contribution is 2.30. The molecule has 7 nitrogen and oxygen atoms in total. The van der Waals surface area contributed by atoms with Crippen molar-refractivity contribution in [1.29, 1.82) is 0 Å². The highest BCUT2D eigenvalue weighted by Gasteiger charge is 2.09. The Kier molecular flexibility index (Phi) is 5.53. The molecule has 0 fully saturated rings. The number of rotatable bonds is 6. The maximum atomic E-state index is 11.9. The van der Waals surface area contributed by atoms with Gasteiger partial charge in [0.25, 0.3) is 0 Å². The topological polar surface area (TPSA) is 85.4 Å². The summed E-state index contributed by atoms with van der Waals surface area (Å²) in [6, 6.07) is 4.80. The fraction of sp³-hybridized carbons (Fsp3) is 0.267. The van der Waals surface area contributed by atoms with Gasteiger partial charge in [-0.05, 0) is 26.0 Å². The van der Waals surface area contributed by atoms with Gasteiger partial charge >= 0.3 is 6.03 Å². The molecule has 22 heavy (non-hydrogen) atoms. The molecule has 2 N–H and O–H groups in total. The molecule has 0 unspecified atom stereocenters. The van der Waals surface area contributed by atoms with Gasteiger partial charge in [-0.25, -0.2) is 9.78 Å². The van der Waals surface area contributed by atoms with Gasteiger partial charge in [-0.2, -0.15) is 0 Å². The third kappa shape index (κ3) is 4.34. The Morgan fingerprint density at radius 1 is 1.09 bits per heavy atom. The van der Waals surface area contributed by atoms with Crippen LogP contribution in [0.1, 0.15) is 13.8 Å². The molecule has 0 aliphatic rings. The number of nitrogens with one attached hydrogen (secondary N) is 2. The third-order valence-corrected chi connectivity index (χ3v) is 2.61. The van der Waals surface area contributed by atoms with E-state index in [0.717, 1.165) is 0 Å². The first-order chi connectivity index (χ1) is 10.7. The van der Waals surface area contributed by atoms with Crippen LogP contribution in [0.2, 0.25) is 0 Å². The zero-order chi connectivity index (χ0) is 15.8. The van der Waals surface area contributed by atoms with Crippen molar-refractivity contribution in [2.45, 2.75) is 13.8 Å². The molecule has 0 saturated heterocycles. The number of ether oxygens (including phenoxy) is 2. The predicted molar refractivity (Wildman–Crippen MR) is 83.5 cm³/mol. The van der Waals surface area contributed by atoms with Gasteiger partial charge in [0.05, 0.1) is 19.4 Å². The normalized spacial score (nSPS) is 9.91.